The van der Waals surface area contributed by atoms with Crippen molar-refractivity contribution < 1.29 is 5.11 Å². The largest absolute Gasteiger partial charge is 0.396 e. The minimum atomic E-state index is 0.310. The van der Waals surface area contributed by atoms with Crippen LogP contribution in [0.25, 0.3) is 0 Å². The summed E-state index contributed by atoms with van der Waals surface area (Å²) in [5, 5.41) is 12.5. The van der Waals surface area contributed by atoms with E-state index in [2.05, 4.69) is 56.4 Å². The van der Waals surface area contributed by atoms with Gasteiger partial charge in [-0.15, -0.1) is 0 Å². The van der Waals surface area contributed by atoms with E-state index < -0.39 is 0 Å². The Balaban J connectivity index is 2.51. The molecule has 2 heteroatoms. The summed E-state index contributed by atoms with van der Waals surface area (Å²) in [6.45, 7) is 8.20. The van der Waals surface area contributed by atoms with E-state index in [0.29, 0.717) is 18.1 Å². The number of benzene rings is 1. The van der Waals surface area contributed by atoms with Crippen LogP contribution in [0.1, 0.15) is 58.1 Å². The van der Waals surface area contributed by atoms with Crippen LogP contribution in [0.5, 0.6) is 0 Å². The Morgan fingerprint density at radius 2 is 1.74 bits per heavy atom. The molecule has 0 aliphatic carbocycles. The summed E-state index contributed by atoms with van der Waals surface area (Å²) in [6.07, 6.45) is 4.28. The van der Waals surface area contributed by atoms with Crippen molar-refractivity contribution in [2.45, 2.75) is 52.5 Å². The summed E-state index contributed by atoms with van der Waals surface area (Å²) in [5.74, 6) is 0. The van der Waals surface area contributed by atoms with Crippen molar-refractivity contribution in [1.82, 2.24) is 5.32 Å². The molecule has 0 bridgehead atoms. The molecular weight excluding hydrogens is 234 g/mol. The van der Waals surface area contributed by atoms with Crippen LogP contribution in [0.15, 0.2) is 30.3 Å². The van der Waals surface area contributed by atoms with Crippen molar-refractivity contribution in [2.24, 2.45) is 5.41 Å². The van der Waals surface area contributed by atoms with Gasteiger partial charge in [0.15, 0.2) is 0 Å². The lowest BCUT2D eigenvalue weighted by Crippen LogP contribution is -2.26. The molecule has 0 aromatic heterocycles. The Kier molecular flexibility index (Phi) is 7.11. The molecule has 0 saturated carbocycles. The molecule has 2 nitrogen and oxygen atoms in total. The number of hydrogen-bond donors (Lipinski definition) is 2. The summed E-state index contributed by atoms with van der Waals surface area (Å²) in [5.41, 5.74) is 1.69. The highest BCUT2D eigenvalue weighted by Crippen LogP contribution is 2.29. The van der Waals surface area contributed by atoms with Gasteiger partial charge in [0, 0.05) is 12.6 Å². The fourth-order valence-electron chi connectivity index (χ4n) is 2.30. The van der Waals surface area contributed by atoms with Gasteiger partial charge in [0.05, 0.1) is 0 Å². The van der Waals surface area contributed by atoms with Crippen LogP contribution in [0.2, 0.25) is 0 Å². The van der Waals surface area contributed by atoms with Crippen LogP contribution in [0.3, 0.4) is 0 Å². The summed E-state index contributed by atoms with van der Waals surface area (Å²) < 4.78 is 0. The SMILES string of the molecule is CC(C)(C)CC(NCCCCCO)c1ccccc1. The number of nitrogens with one attached hydrogen (secondary N) is 1. The number of hydrogen-bond acceptors (Lipinski definition) is 2. The molecule has 0 radical (unpaired) electrons. The van der Waals surface area contributed by atoms with E-state index in [1.54, 1.807) is 0 Å². The second kappa shape index (κ2) is 8.34. The maximum Gasteiger partial charge on any atom is 0.0431 e. The van der Waals surface area contributed by atoms with E-state index in [1.165, 1.54) is 5.56 Å². The lowest BCUT2D eigenvalue weighted by molar-refractivity contribution is 0.280. The highest BCUT2D eigenvalue weighted by atomic mass is 16.2. The average molecular weight is 263 g/mol. The van der Waals surface area contributed by atoms with Crippen LogP contribution in [0.4, 0.5) is 0 Å². The van der Waals surface area contributed by atoms with Crippen LogP contribution in [-0.2, 0) is 0 Å². The molecule has 1 atom stereocenters. The Hall–Kier alpha value is -0.860. The van der Waals surface area contributed by atoms with Gasteiger partial charge in [0.1, 0.15) is 0 Å². The Morgan fingerprint density at radius 1 is 1.05 bits per heavy atom. The quantitative estimate of drug-likeness (QED) is 0.697. The van der Waals surface area contributed by atoms with Gasteiger partial charge in [0.25, 0.3) is 0 Å². The molecule has 0 aliphatic heterocycles. The Bertz CT molecular complexity index is 329. The van der Waals surface area contributed by atoms with Gasteiger partial charge in [-0.3, -0.25) is 0 Å². The molecule has 2 N–H and O–H groups in total. The van der Waals surface area contributed by atoms with Gasteiger partial charge >= 0.3 is 0 Å². The van der Waals surface area contributed by atoms with Crippen molar-refractivity contribution in [2.75, 3.05) is 13.2 Å². The van der Waals surface area contributed by atoms with Crippen LogP contribution >= 0.6 is 0 Å². The molecule has 0 saturated heterocycles. The predicted molar refractivity (Wildman–Crippen MR) is 82.2 cm³/mol. The molecule has 108 valence electrons. The fourth-order valence-corrected chi connectivity index (χ4v) is 2.30. The zero-order valence-corrected chi connectivity index (χ0v) is 12.7. The number of rotatable bonds is 8. The normalized spacial score (nSPS) is 13.5. The molecule has 1 aromatic rings. The van der Waals surface area contributed by atoms with E-state index >= 15 is 0 Å². The monoisotopic (exact) mass is 263 g/mol. The predicted octanol–water partition coefficient (Wildman–Crippen LogP) is 3.92. The lowest BCUT2D eigenvalue weighted by Gasteiger charge is -2.27. The summed E-state index contributed by atoms with van der Waals surface area (Å²) in [4.78, 5) is 0. The molecule has 1 unspecified atom stereocenters. The van der Waals surface area contributed by atoms with Crippen molar-refractivity contribution in [3.05, 3.63) is 35.9 Å². The number of unbranched alkanes of at least 4 members (excludes halogenated alkanes) is 2. The topological polar surface area (TPSA) is 32.3 Å². The second-order valence-corrected chi connectivity index (χ2v) is 6.47. The zero-order valence-electron chi connectivity index (χ0n) is 12.7. The van der Waals surface area contributed by atoms with Gasteiger partial charge in [0.2, 0.25) is 0 Å². The standard InChI is InChI=1S/C17H29NO/c1-17(2,3)14-16(15-10-6-4-7-11-15)18-12-8-5-9-13-19/h4,6-7,10-11,16,18-19H,5,8-9,12-14H2,1-3H3. The minimum Gasteiger partial charge on any atom is -0.396 e. The third-order valence-corrected chi connectivity index (χ3v) is 3.24. The van der Waals surface area contributed by atoms with E-state index in [-0.39, 0.29) is 0 Å². The molecule has 0 heterocycles. The highest BCUT2D eigenvalue weighted by Gasteiger charge is 2.19. The molecule has 0 fully saturated rings. The molecule has 1 aromatic carbocycles. The molecule has 0 aliphatic rings. The van der Waals surface area contributed by atoms with E-state index in [1.807, 2.05) is 0 Å². The van der Waals surface area contributed by atoms with Crippen molar-refractivity contribution in [3.8, 4) is 0 Å². The van der Waals surface area contributed by atoms with Gasteiger partial charge in [-0.2, -0.15) is 0 Å². The Morgan fingerprint density at radius 3 is 2.32 bits per heavy atom. The maximum absolute atomic E-state index is 8.79. The minimum absolute atomic E-state index is 0.310. The zero-order chi connectivity index (χ0) is 14.1. The van der Waals surface area contributed by atoms with Crippen molar-refractivity contribution in [1.29, 1.82) is 0 Å². The maximum atomic E-state index is 8.79. The summed E-state index contributed by atoms with van der Waals surface area (Å²) in [7, 11) is 0. The van der Waals surface area contributed by atoms with E-state index in [0.717, 1.165) is 32.2 Å². The number of aliphatic hydroxyl groups is 1. The highest BCUT2D eigenvalue weighted by molar-refractivity contribution is 5.19. The van der Waals surface area contributed by atoms with Crippen LogP contribution in [0, 0.1) is 5.41 Å². The first kappa shape index (κ1) is 16.2. The smallest absolute Gasteiger partial charge is 0.0431 e. The first-order chi connectivity index (χ1) is 9.03. The van der Waals surface area contributed by atoms with Gasteiger partial charge in [-0.25, -0.2) is 0 Å². The second-order valence-electron chi connectivity index (χ2n) is 6.47. The van der Waals surface area contributed by atoms with Gasteiger partial charge in [-0.05, 0) is 43.2 Å². The summed E-state index contributed by atoms with van der Waals surface area (Å²) >= 11 is 0. The van der Waals surface area contributed by atoms with Crippen molar-refractivity contribution >= 4 is 0 Å². The average Bonchev–Trinajstić information content (AvgIpc) is 2.37. The van der Waals surface area contributed by atoms with Crippen LogP contribution in [-0.4, -0.2) is 18.3 Å². The molecular formula is C17H29NO. The third-order valence-electron chi connectivity index (χ3n) is 3.24. The van der Waals surface area contributed by atoms with Gasteiger partial charge < -0.3 is 10.4 Å². The summed E-state index contributed by atoms with van der Waals surface area (Å²) in [6, 6.07) is 11.1. The Labute approximate surface area is 118 Å². The van der Waals surface area contributed by atoms with E-state index in [9.17, 15) is 0 Å². The molecule has 1 rings (SSSR count). The van der Waals surface area contributed by atoms with Crippen molar-refractivity contribution in [3.63, 3.8) is 0 Å². The molecule has 0 spiro atoms. The third kappa shape index (κ3) is 7.34. The first-order valence-corrected chi connectivity index (χ1v) is 7.42. The lowest BCUT2D eigenvalue weighted by atomic mass is 9.85. The first-order valence-electron chi connectivity index (χ1n) is 7.42. The van der Waals surface area contributed by atoms with Crippen LogP contribution < -0.4 is 5.32 Å². The van der Waals surface area contributed by atoms with E-state index in [4.69, 9.17) is 5.11 Å². The molecule has 19 heavy (non-hydrogen) atoms. The number of aliphatic hydroxyl groups excluding tert-OH is 1. The molecule has 0 amide bonds. The van der Waals surface area contributed by atoms with Gasteiger partial charge in [-0.1, -0.05) is 51.1 Å². The fraction of sp³-hybridized carbons (Fsp3) is 0.647.